The van der Waals surface area contributed by atoms with Crippen molar-refractivity contribution in [2.75, 3.05) is 26.7 Å². The minimum absolute atomic E-state index is 0.0324. The maximum atomic E-state index is 5.90. The third-order valence-electron chi connectivity index (χ3n) is 4.21. The summed E-state index contributed by atoms with van der Waals surface area (Å²) in [6.07, 6.45) is 3.92. The van der Waals surface area contributed by atoms with Crippen molar-refractivity contribution in [3.8, 4) is 0 Å². The number of hydrogen-bond acceptors (Lipinski definition) is 3. The summed E-state index contributed by atoms with van der Waals surface area (Å²) in [7, 11) is 3.75. The topological polar surface area (TPSA) is 54.7 Å². The Hall–Kier alpha value is -2.34. The molecule has 1 aliphatic heterocycles. The van der Waals surface area contributed by atoms with Crippen molar-refractivity contribution < 1.29 is 4.74 Å². The summed E-state index contributed by atoms with van der Waals surface area (Å²) in [5.74, 6) is 0.911. The quantitative estimate of drug-likeness (QED) is 0.691. The number of guanidine groups is 1. The smallest absolute Gasteiger partial charge is 0.194 e. The molecule has 1 fully saturated rings. The number of benzene rings is 1. The lowest BCUT2D eigenvalue weighted by molar-refractivity contribution is -0.00805. The van der Waals surface area contributed by atoms with Gasteiger partial charge in [-0.3, -0.25) is 9.67 Å². The van der Waals surface area contributed by atoms with Gasteiger partial charge in [-0.05, 0) is 12.5 Å². The average molecular weight is 327 g/mol. The number of nitrogens with zero attached hydrogens (tertiary/aromatic N) is 4. The molecule has 1 saturated heterocycles. The monoisotopic (exact) mass is 327 g/mol. The van der Waals surface area contributed by atoms with Crippen molar-refractivity contribution in [3.05, 3.63) is 53.3 Å². The van der Waals surface area contributed by atoms with Crippen LogP contribution in [0.5, 0.6) is 0 Å². The summed E-state index contributed by atoms with van der Waals surface area (Å²) in [6.45, 7) is 5.18. The fourth-order valence-corrected chi connectivity index (χ4v) is 2.99. The van der Waals surface area contributed by atoms with E-state index in [-0.39, 0.29) is 6.10 Å². The third kappa shape index (κ3) is 3.94. The molecular weight excluding hydrogens is 302 g/mol. The van der Waals surface area contributed by atoms with Gasteiger partial charge in [-0.15, -0.1) is 0 Å². The second-order valence-corrected chi connectivity index (χ2v) is 6.14. The van der Waals surface area contributed by atoms with Gasteiger partial charge in [0, 0.05) is 38.9 Å². The molecule has 128 valence electrons. The minimum Gasteiger partial charge on any atom is -0.370 e. The molecule has 2 aromatic rings. The first-order chi connectivity index (χ1) is 11.7. The lowest BCUT2D eigenvalue weighted by atomic mass is 10.1. The highest BCUT2D eigenvalue weighted by Crippen LogP contribution is 2.21. The van der Waals surface area contributed by atoms with Crippen LogP contribution < -0.4 is 5.32 Å². The number of morpholine rings is 1. The maximum Gasteiger partial charge on any atom is 0.194 e. The molecule has 3 rings (SSSR count). The first-order valence-corrected chi connectivity index (χ1v) is 8.27. The van der Waals surface area contributed by atoms with E-state index in [1.807, 2.05) is 31.2 Å². The molecule has 1 aromatic heterocycles. The summed E-state index contributed by atoms with van der Waals surface area (Å²) in [6, 6.07) is 8.52. The molecule has 2 heterocycles. The van der Waals surface area contributed by atoms with E-state index in [1.165, 1.54) is 11.1 Å². The van der Waals surface area contributed by atoms with Gasteiger partial charge in [-0.1, -0.05) is 29.8 Å². The maximum absolute atomic E-state index is 5.90. The molecule has 0 radical (unpaired) electrons. The lowest BCUT2D eigenvalue weighted by Crippen LogP contribution is -2.47. The Kier molecular flexibility index (Phi) is 5.15. The van der Waals surface area contributed by atoms with Crippen LogP contribution in [0.15, 0.2) is 41.7 Å². The summed E-state index contributed by atoms with van der Waals surface area (Å²) in [5.41, 5.74) is 3.64. The summed E-state index contributed by atoms with van der Waals surface area (Å²) in [5, 5.41) is 7.70. The number of hydrogen-bond donors (Lipinski definition) is 1. The Balaban J connectivity index is 1.62. The molecule has 0 spiro atoms. The van der Waals surface area contributed by atoms with Crippen molar-refractivity contribution in [1.29, 1.82) is 0 Å². The zero-order valence-corrected chi connectivity index (χ0v) is 14.6. The van der Waals surface area contributed by atoms with Crippen LogP contribution >= 0.6 is 0 Å². The number of aryl methyl sites for hydroxylation is 2. The molecule has 1 aromatic carbocycles. The van der Waals surface area contributed by atoms with Crippen LogP contribution in [0.1, 0.15) is 22.8 Å². The van der Waals surface area contributed by atoms with E-state index in [0.29, 0.717) is 6.61 Å². The van der Waals surface area contributed by atoms with Crippen LogP contribution in [0.2, 0.25) is 0 Å². The molecule has 1 atom stereocenters. The first kappa shape index (κ1) is 16.5. The van der Waals surface area contributed by atoms with Gasteiger partial charge in [0.15, 0.2) is 5.96 Å². The Bertz CT molecular complexity index is 709. The molecule has 0 bridgehead atoms. The van der Waals surface area contributed by atoms with Gasteiger partial charge < -0.3 is 15.0 Å². The van der Waals surface area contributed by atoms with Gasteiger partial charge in [0.25, 0.3) is 0 Å². The van der Waals surface area contributed by atoms with E-state index in [0.717, 1.165) is 31.2 Å². The van der Waals surface area contributed by atoms with Crippen LogP contribution in [-0.4, -0.2) is 47.4 Å². The Morgan fingerprint density at radius 2 is 2.33 bits per heavy atom. The van der Waals surface area contributed by atoms with Gasteiger partial charge in [0.2, 0.25) is 0 Å². The molecule has 0 aliphatic carbocycles. The molecular formula is C18H25N5O. The third-order valence-corrected chi connectivity index (χ3v) is 4.21. The van der Waals surface area contributed by atoms with Crippen molar-refractivity contribution in [2.24, 2.45) is 12.0 Å². The number of nitrogens with one attached hydrogen (secondary N) is 1. The highest BCUT2D eigenvalue weighted by Gasteiger charge is 2.25. The zero-order valence-electron chi connectivity index (χ0n) is 14.6. The van der Waals surface area contributed by atoms with E-state index in [9.17, 15) is 0 Å². The van der Waals surface area contributed by atoms with E-state index < -0.39 is 0 Å². The van der Waals surface area contributed by atoms with Crippen molar-refractivity contribution in [3.63, 3.8) is 0 Å². The van der Waals surface area contributed by atoms with Gasteiger partial charge in [-0.25, -0.2) is 0 Å². The molecule has 1 aliphatic rings. The van der Waals surface area contributed by atoms with Crippen LogP contribution in [0.3, 0.4) is 0 Å². The second-order valence-electron chi connectivity index (χ2n) is 6.14. The van der Waals surface area contributed by atoms with E-state index in [2.05, 4.69) is 51.5 Å². The van der Waals surface area contributed by atoms with E-state index in [4.69, 9.17) is 4.74 Å². The largest absolute Gasteiger partial charge is 0.370 e. The molecule has 6 heteroatoms. The van der Waals surface area contributed by atoms with Crippen LogP contribution in [0, 0.1) is 6.92 Å². The van der Waals surface area contributed by atoms with Crippen LogP contribution in [0.4, 0.5) is 0 Å². The normalized spacial score (nSPS) is 18.7. The van der Waals surface area contributed by atoms with Gasteiger partial charge in [-0.2, -0.15) is 5.10 Å². The van der Waals surface area contributed by atoms with Gasteiger partial charge in [0.05, 0.1) is 19.3 Å². The molecule has 1 unspecified atom stereocenters. The standard InChI is InChI=1S/C18H25N5O/c1-14-5-4-6-15(9-14)10-20-18(19-2)23-7-8-24-17(13-23)16-11-21-22(3)12-16/h4-6,9,11-12,17H,7-8,10,13H2,1-3H3,(H,19,20). The highest BCUT2D eigenvalue weighted by molar-refractivity contribution is 5.80. The lowest BCUT2D eigenvalue weighted by Gasteiger charge is -2.34. The predicted molar refractivity (Wildman–Crippen MR) is 94.9 cm³/mol. The Morgan fingerprint density at radius 1 is 1.46 bits per heavy atom. The zero-order chi connectivity index (χ0) is 16.9. The predicted octanol–water partition coefficient (Wildman–Crippen LogP) is 1.88. The second kappa shape index (κ2) is 7.49. The summed E-state index contributed by atoms with van der Waals surface area (Å²) in [4.78, 5) is 6.68. The van der Waals surface area contributed by atoms with Crippen molar-refractivity contribution in [1.82, 2.24) is 20.0 Å². The number of aliphatic imine (C=N–C) groups is 1. The Morgan fingerprint density at radius 3 is 3.04 bits per heavy atom. The average Bonchev–Trinajstić information content (AvgIpc) is 3.02. The van der Waals surface area contributed by atoms with Crippen molar-refractivity contribution >= 4 is 5.96 Å². The van der Waals surface area contributed by atoms with E-state index >= 15 is 0 Å². The molecule has 0 saturated carbocycles. The van der Waals surface area contributed by atoms with E-state index in [1.54, 1.807) is 0 Å². The molecule has 1 N–H and O–H groups in total. The fourth-order valence-electron chi connectivity index (χ4n) is 2.99. The highest BCUT2D eigenvalue weighted by atomic mass is 16.5. The number of ether oxygens (including phenoxy) is 1. The molecule has 24 heavy (non-hydrogen) atoms. The Labute approximate surface area is 143 Å². The number of rotatable bonds is 3. The van der Waals surface area contributed by atoms with Crippen molar-refractivity contribution in [2.45, 2.75) is 19.6 Å². The minimum atomic E-state index is 0.0324. The SMILES string of the molecule is CN=C(NCc1cccc(C)c1)N1CCOC(c2cnn(C)c2)C1. The van der Waals surface area contributed by atoms with Crippen LogP contribution in [-0.2, 0) is 18.3 Å². The molecule has 6 nitrogen and oxygen atoms in total. The fraction of sp³-hybridized carbons (Fsp3) is 0.444. The summed E-state index contributed by atoms with van der Waals surface area (Å²) < 4.78 is 7.71. The first-order valence-electron chi connectivity index (χ1n) is 8.27. The summed E-state index contributed by atoms with van der Waals surface area (Å²) >= 11 is 0. The van der Waals surface area contributed by atoms with Crippen LogP contribution in [0.25, 0.3) is 0 Å². The van der Waals surface area contributed by atoms with Gasteiger partial charge in [0.1, 0.15) is 6.10 Å². The molecule has 0 amide bonds. The van der Waals surface area contributed by atoms with Gasteiger partial charge >= 0.3 is 0 Å². The number of aromatic nitrogens is 2.